The molecule has 1 heterocycles. The molecule has 3 aromatic carbocycles. The number of benzene rings is 3. The molecular formula is C29H35NO2. The molecule has 32 heavy (non-hydrogen) atoms. The maximum absolute atomic E-state index is 10.7. The minimum Gasteiger partial charge on any atom is -0.508 e. The fraction of sp³-hybridized carbons (Fsp3) is 0.379. The van der Waals surface area contributed by atoms with Crippen molar-refractivity contribution in [2.75, 3.05) is 19.7 Å². The van der Waals surface area contributed by atoms with Crippen LogP contribution in [0.2, 0.25) is 0 Å². The predicted octanol–water partition coefficient (Wildman–Crippen LogP) is 6.55. The van der Waals surface area contributed by atoms with Crippen molar-refractivity contribution in [1.29, 1.82) is 0 Å². The fourth-order valence-corrected chi connectivity index (χ4v) is 4.95. The number of nitrogens with zero attached hydrogens (tertiary/aromatic N) is 1. The van der Waals surface area contributed by atoms with Crippen molar-refractivity contribution >= 4 is 0 Å². The third-order valence-electron chi connectivity index (χ3n) is 6.62. The van der Waals surface area contributed by atoms with Crippen molar-refractivity contribution in [3.8, 4) is 11.5 Å². The number of hydrogen-bond acceptors (Lipinski definition) is 3. The highest BCUT2D eigenvalue weighted by Crippen LogP contribution is 2.38. The molecular weight excluding hydrogens is 394 g/mol. The van der Waals surface area contributed by atoms with E-state index in [1.165, 1.54) is 30.4 Å². The van der Waals surface area contributed by atoms with Crippen LogP contribution in [-0.4, -0.2) is 35.7 Å². The Morgan fingerprint density at radius 1 is 0.969 bits per heavy atom. The summed E-state index contributed by atoms with van der Waals surface area (Å²) in [6, 6.07) is 27.3. The van der Waals surface area contributed by atoms with Crippen LogP contribution in [0.3, 0.4) is 0 Å². The van der Waals surface area contributed by atoms with Gasteiger partial charge in [-0.2, -0.15) is 0 Å². The summed E-state index contributed by atoms with van der Waals surface area (Å²) in [6.07, 6.45) is 5.82. The second-order valence-corrected chi connectivity index (χ2v) is 8.96. The van der Waals surface area contributed by atoms with Crippen LogP contribution >= 0.6 is 0 Å². The van der Waals surface area contributed by atoms with Gasteiger partial charge in [0.1, 0.15) is 11.5 Å². The molecule has 0 aliphatic carbocycles. The Hall–Kier alpha value is -2.78. The molecule has 4 rings (SSSR count). The van der Waals surface area contributed by atoms with Crippen molar-refractivity contribution in [1.82, 2.24) is 4.90 Å². The van der Waals surface area contributed by atoms with E-state index in [-0.39, 0.29) is 5.92 Å². The topological polar surface area (TPSA) is 32.7 Å². The van der Waals surface area contributed by atoms with Crippen molar-refractivity contribution in [3.05, 3.63) is 95.6 Å². The number of piperidine rings is 1. The minimum atomic E-state index is 0.197. The van der Waals surface area contributed by atoms with Crippen molar-refractivity contribution < 1.29 is 9.84 Å². The van der Waals surface area contributed by atoms with Gasteiger partial charge in [-0.05, 0) is 62.9 Å². The van der Waals surface area contributed by atoms with E-state index in [2.05, 4.69) is 48.2 Å². The van der Waals surface area contributed by atoms with Gasteiger partial charge in [-0.3, -0.25) is 0 Å². The quantitative estimate of drug-likeness (QED) is 0.392. The van der Waals surface area contributed by atoms with Crippen LogP contribution < -0.4 is 4.74 Å². The van der Waals surface area contributed by atoms with Gasteiger partial charge in [0.05, 0.1) is 6.61 Å². The number of rotatable bonds is 9. The van der Waals surface area contributed by atoms with Gasteiger partial charge in [-0.15, -0.1) is 0 Å². The zero-order valence-electron chi connectivity index (χ0n) is 19.1. The van der Waals surface area contributed by atoms with Crippen LogP contribution in [0.4, 0.5) is 0 Å². The smallest absolute Gasteiger partial charge is 0.119 e. The molecule has 1 aliphatic rings. The van der Waals surface area contributed by atoms with Gasteiger partial charge < -0.3 is 14.7 Å². The first-order valence-electron chi connectivity index (χ1n) is 12.0. The third kappa shape index (κ3) is 5.92. The Morgan fingerprint density at radius 3 is 2.50 bits per heavy atom. The van der Waals surface area contributed by atoms with Crippen LogP contribution in [0.1, 0.15) is 54.7 Å². The molecule has 0 bridgehead atoms. The summed E-state index contributed by atoms with van der Waals surface area (Å²) in [5, 5.41) is 10.7. The van der Waals surface area contributed by atoms with Gasteiger partial charge in [0, 0.05) is 24.1 Å². The minimum absolute atomic E-state index is 0.197. The van der Waals surface area contributed by atoms with Gasteiger partial charge >= 0.3 is 0 Å². The van der Waals surface area contributed by atoms with E-state index in [1.54, 1.807) is 0 Å². The first kappa shape index (κ1) is 22.4. The highest BCUT2D eigenvalue weighted by Gasteiger charge is 2.28. The van der Waals surface area contributed by atoms with Crippen molar-refractivity contribution in [2.24, 2.45) is 0 Å². The van der Waals surface area contributed by atoms with Gasteiger partial charge in [0.25, 0.3) is 0 Å². The zero-order chi connectivity index (χ0) is 22.2. The summed E-state index contributed by atoms with van der Waals surface area (Å²) in [5.74, 6) is 1.55. The number of hydrogen-bond donors (Lipinski definition) is 1. The van der Waals surface area contributed by atoms with Crippen LogP contribution in [0.15, 0.2) is 78.9 Å². The van der Waals surface area contributed by atoms with Crippen molar-refractivity contribution in [2.45, 2.75) is 51.0 Å². The van der Waals surface area contributed by atoms with E-state index in [1.807, 2.05) is 42.5 Å². The Bertz CT molecular complexity index is 957. The molecule has 0 aromatic heterocycles. The Balaban J connectivity index is 1.45. The first-order chi connectivity index (χ1) is 15.7. The number of phenolic OH excluding ortho intramolecular Hbond substituents is 1. The largest absolute Gasteiger partial charge is 0.508 e. The monoisotopic (exact) mass is 429 g/mol. The van der Waals surface area contributed by atoms with Gasteiger partial charge in [0.2, 0.25) is 0 Å². The second kappa shape index (κ2) is 11.2. The van der Waals surface area contributed by atoms with Crippen LogP contribution in [0.25, 0.3) is 0 Å². The standard InChI is InChI=1S/C29H35NO2/c1-23-16-17-29(31)28(21-23)27(24-11-4-2-5-12-24)22-25-13-8-9-18-30(25)19-10-20-32-26-14-6-3-7-15-26/h2-7,11-12,14-17,21,25,27,31H,8-10,13,18-20,22H2,1H3. The Morgan fingerprint density at radius 2 is 1.72 bits per heavy atom. The van der Waals surface area contributed by atoms with Gasteiger partial charge in [-0.25, -0.2) is 0 Å². The lowest BCUT2D eigenvalue weighted by molar-refractivity contribution is 0.127. The normalized spacial score (nSPS) is 17.7. The van der Waals surface area contributed by atoms with Gasteiger partial charge in [-0.1, -0.05) is 72.6 Å². The molecule has 0 radical (unpaired) electrons. The van der Waals surface area contributed by atoms with Gasteiger partial charge in [0.15, 0.2) is 0 Å². The molecule has 1 N–H and O–H groups in total. The number of aromatic hydroxyl groups is 1. The third-order valence-corrected chi connectivity index (χ3v) is 6.62. The molecule has 3 heteroatoms. The first-order valence-corrected chi connectivity index (χ1v) is 12.0. The van der Waals surface area contributed by atoms with E-state index in [0.29, 0.717) is 11.8 Å². The van der Waals surface area contributed by atoms with E-state index in [9.17, 15) is 5.11 Å². The lowest BCUT2D eigenvalue weighted by atomic mass is 9.82. The van der Waals surface area contributed by atoms with Crippen LogP contribution in [-0.2, 0) is 0 Å². The molecule has 1 fully saturated rings. The molecule has 168 valence electrons. The lowest BCUT2D eigenvalue weighted by Crippen LogP contribution is -2.41. The fourth-order valence-electron chi connectivity index (χ4n) is 4.95. The van der Waals surface area contributed by atoms with E-state index in [4.69, 9.17) is 4.74 Å². The Kier molecular flexibility index (Phi) is 7.84. The highest BCUT2D eigenvalue weighted by atomic mass is 16.5. The summed E-state index contributed by atoms with van der Waals surface area (Å²) in [5.41, 5.74) is 3.53. The molecule has 2 atom stereocenters. The number of likely N-dealkylation sites (tertiary alicyclic amines) is 1. The average Bonchev–Trinajstić information content (AvgIpc) is 2.84. The highest BCUT2D eigenvalue weighted by molar-refractivity contribution is 5.43. The molecule has 3 nitrogen and oxygen atoms in total. The van der Waals surface area contributed by atoms with E-state index >= 15 is 0 Å². The molecule has 3 aromatic rings. The number of ether oxygens (including phenoxy) is 1. The zero-order valence-corrected chi connectivity index (χ0v) is 19.1. The summed E-state index contributed by atoms with van der Waals surface area (Å²) in [6.45, 7) is 5.05. The summed E-state index contributed by atoms with van der Waals surface area (Å²) < 4.78 is 5.92. The maximum Gasteiger partial charge on any atom is 0.119 e. The molecule has 0 amide bonds. The molecule has 2 unspecified atom stereocenters. The molecule has 1 aliphatic heterocycles. The lowest BCUT2D eigenvalue weighted by Gasteiger charge is -2.38. The number of para-hydroxylation sites is 1. The number of aryl methyl sites for hydroxylation is 1. The molecule has 0 saturated carbocycles. The summed E-state index contributed by atoms with van der Waals surface area (Å²) in [4.78, 5) is 2.65. The average molecular weight is 430 g/mol. The van der Waals surface area contributed by atoms with Crippen LogP contribution in [0.5, 0.6) is 11.5 Å². The summed E-state index contributed by atoms with van der Waals surface area (Å²) in [7, 11) is 0. The second-order valence-electron chi connectivity index (χ2n) is 8.96. The molecule has 1 saturated heterocycles. The molecule has 0 spiro atoms. The SMILES string of the molecule is Cc1ccc(O)c(C(CC2CCCCN2CCCOc2ccccc2)c2ccccc2)c1. The Labute approximate surface area is 192 Å². The van der Waals surface area contributed by atoms with E-state index < -0.39 is 0 Å². The summed E-state index contributed by atoms with van der Waals surface area (Å²) >= 11 is 0. The van der Waals surface area contributed by atoms with Crippen LogP contribution in [0, 0.1) is 6.92 Å². The van der Waals surface area contributed by atoms with Crippen molar-refractivity contribution in [3.63, 3.8) is 0 Å². The van der Waals surface area contributed by atoms with E-state index in [0.717, 1.165) is 43.9 Å². The predicted molar refractivity (Wildman–Crippen MR) is 132 cm³/mol. The number of phenols is 1. The maximum atomic E-state index is 10.7.